The number of carbonyl (C=O) groups excluding carboxylic acids is 1. The lowest BCUT2D eigenvalue weighted by Gasteiger charge is -2.38. The second-order valence-electron chi connectivity index (χ2n) is 10.4. The van der Waals surface area contributed by atoms with E-state index in [-0.39, 0.29) is 30.1 Å². The van der Waals surface area contributed by atoms with Crippen LogP contribution in [0, 0.1) is 13.8 Å². The number of sulfonamides is 1. The average Bonchev–Trinajstić information content (AvgIpc) is 2.87. The molecule has 2 aromatic carbocycles. The second-order valence-corrected chi connectivity index (χ2v) is 12.7. The number of benzene rings is 2. The fourth-order valence-electron chi connectivity index (χ4n) is 5.31. The number of carbonyl (C=O) groups is 1. The Labute approximate surface area is 225 Å². The lowest BCUT2D eigenvalue weighted by atomic mass is 9.85. The molecule has 202 valence electrons. The predicted octanol–water partition coefficient (Wildman–Crippen LogP) is 4.11. The van der Waals surface area contributed by atoms with Gasteiger partial charge in [-0.25, -0.2) is 8.42 Å². The van der Waals surface area contributed by atoms with E-state index in [2.05, 4.69) is 0 Å². The molecule has 7 nitrogen and oxygen atoms in total. The molecular weight excluding hydrogens is 512 g/mol. The van der Waals surface area contributed by atoms with Gasteiger partial charge in [-0.15, -0.1) is 0 Å². The molecule has 9 heteroatoms. The van der Waals surface area contributed by atoms with E-state index in [1.165, 1.54) is 4.31 Å². The van der Waals surface area contributed by atoms with Crippen LogP contribution in [-0.2, 0) is 26.0 Å². The zero-order valence-corrected chi connectivity index (χ0v) is 23.2. The van der Waals surface area contributed by atoms with Gasteiger partial charge in [0.15, 0.2) is 0 Å². The van der Waals surface area contributed by atoms with Crippen LogP contribution in [0.4, 0.5) is 0 Å². The van der Waals surface area contributed by atoms with E-state index in [9.17, 15) is 18.3 Å². The highest BCUT2D eigenvalue weighted by molar-refractivity contribution is 7.89. The Balaban J connectivity index is 1.31. The topological polar surface area (TPSA) is 87.2 Å². The molecule has 2 fully saturated rings. The zero-order chi connectivity index (χ0) is 26.6. The van der Waals surface area contributed by atoms with E-state index in [4.69, 9.17) is 16.3 Å². The van der Waals surface area contributed by atoms with E-state index >= 15 is 0 Å². The number of piperidine rings is 2. The molecule has 1 amide bonds. The van der Waals surface area contributed by atoms with Gasteiger partial charge in [0.25, 0.3) is 0 Å². The summed E-state index contributed by atoms with van der Waals surface area (Å²) in [5.74, 6) is -0.129. The van der Waals surface area contributed by atoms with Gasteiger partial charge in [0.05, 0.1) is 17.1 Å². The van der Waals surface area contributed by atoms with Crippen LogP contribution in [-0.4, -0.2) is 73.1 Å². The van der Waals surface area contributed by atoms with Crippen LogP contribution in [0.15, 0.2) is 47.4 Å². The van der Waals surface area contributed by atoms with Gasteiger partial charge in [-0.05, 0) is 68.4 Å². The molecule has 2 saturated heterocycles. The highest BCUT2D eigenvalue weighted by Gasteiger charge is 2.36. The molecule has 0 aliphatic carbocycles. The van der Waals surface area contributed by atoms with E-state index in [0.29, 0.717) is 55.9 Å². The number of amides is 1. The minimum Gasteiger partial charge on any atom is -0.389 e. The number of hydrogen-bond donors (Lipinski definition) is 1. The summed E-state index contributed by atoms with van der Waals surface area (Å²) >= 11 is 6.19. The van der Waals surface area contributed by atoms with E-state index in [0.717, 1.165) is 24.0 Å². The van der Waals surface area contributed by atoms with Gasteiger partial charge < -0.3 is 14.7 Å². The molecule has 1 N–H and O–H groups in total. The minimum absolute atomic E-state index is 0.0966. The Morgan fingerprint density at radius 3 is 2.49 bits per heavy atom. The van der Waals surface area contributed by atoms with Crippen LogP contribution in [0.3, 0.4) is 0 Å². The van der Waals surface area contributed by atoms with Gasteiger partial charge in [0.1, 0.15) is 6.61 Å². The summed E-state index contributed by atoms with van der Waals surface area (Å²) < 4.78 is 34.4. The molecule has 1 atom stereocenters. The summed E-state index contributed by atoms with van der Waals surface area (Å²) in [6.45, 7) is 5.01. The molecule has 2 heterocycles. The van der Waals surface area contributed by atoms with Crippen molar-refractivity contribution >= 4 is 27.5 Å². The molecule has 2 aromatic rings. The molecule has 0 saturated carbocycles. The largest absolute Gasteiger partial charge is 0.389 e. The molecule has 2 aliphatic rings. The number of ether oxygens (including phenoxy) is 1. The minimum atomic E-state index is -3.72. The van der Waals surface area contributed by atoms with Crippen molar-refractivity contribution in [3.05, 3.63) is 64.2 Å². The van der Waals surface area contributed by atoms with Crippen LogP contribution in [0.1, 0.15) is 48.8 Å². The Morgan fingerprint density at radius 2 is 1.78 bits per heavy atom. The summed E-state index contributed by atoms with van der Waals surface area (Å²) in [6, 6.07) is 12.9. The molecule has 2 aliphatic heterocycles. The first kappa shape index (κ1) is 28.0. The maximum Gasteiger partial charge on any atom is 0.248 e. The lowest BCUT2D eigenvalue weighted by molar-refractivity contribution is -0.140. The number of aryl methyl sites for hydroxylation is 2. The molecule has 0 spiro atoms. The fourth-order valence-corrected chi connectivity index (χ4v) is 7.50. The second kappa shape index (κ2) is 11.8. The predicted molar refractivity (Wildman–Crippen MR) is 144 cm³/mol. The van der Waals surface area contributed by atoms with Crippen molar-refractivity contribution in [3.63, 3.8) is 0 Å². The number of aliphatic hydroxyl groups is 1. The monoisotopic (exact) mass is 548 g/mol. The van der Waals surface area contributed by atoms with Gasteiger partial charge in [-0.2, -0.15) is 4.31 Å². The quantitative estimate of drug-likeness (QED) is 0.536. The fraction of sp³-hybridized carbons (Fsp3) is 0.536. The Kier molecular flexibility index (Phi) is 8.96. The third kappa shape index (κ3) is 6.73. The van der Waals surface area contributed by atoms with Crippen molar-refractivity contribution in [3.8, 4) is 0 Å². The normalized spacial score (nSPS) is 20.6. The Bertz CT molecular complexity index is 1200. The Morgan fingerprint density at radius 1 is 1.08 bits per heavy atom. The third-order valence-electron chi connectivity index (χ3n) is 7.57. The van der Waals surface area contributed by atoms with Crippen molar-refractivity contribution < 1.29 is 23.1 Å². The SMILES string of the molecule is Cc1cc(S(=O)(=O)N2CCCCC2COCC(=O)N2CCC(O)(Cc3ccccc3)CC2)c(C)cc1Cl. The summed E-state index contributed by atoms with van der Waals surface area (Å²) in [7, 11) is -3.72. The van der Waals surface area contributed by atoms with Crippen LogP contribution in [0.2, 0.25) is 5.02 Å². The van der Waals surface area contributed by atoms with Crippen molar-refractivity contribution in [2.24, 2.45) is 0 Å². The average molecular weight is 549 g/mol. The number of nitrogens with zero attached hydrogens (tertiary/aromatic N) is 2. The number of rotatable bonds is 8. The highest BCUT2D eigenvalue weighted by atomic mass is 35.5. The molecule has 4 rings (SSSR count). The molecule has 1 unspecified atom stereocenters. The number of halogens is 1. The molecule has 0 radical (unpaired) electrons. The van der Waals surface area contributed by atoms with Crippen LogP contribution in [0.5, 0.6) is 0 Å². The smallest absolute Gasteiger partial charge is 0.248 e. The molecule has 37 heavy (non-hydrogen) atoms. The van der Waals surface area contributed by atoms with Crippen molar-refractivity contribution in [1.82, 2.24) is 9.21 Å². The number of likely N-dealkylation sites (tertiary alicyclic amines) is 1. The molecule has 0 aromatic heterocycles. The van der Waals surface area contributed by atoms with Gasteiger partial charge >= 0.3 is 0 Å². The first-order chi connectivity index (χ1) is 17.6. The first-order valence-corrected chi connectivity index (χ1v) is 14.8. The van der Waals surface area contributed by atoms with E-state index < -0.39 is 15.6 Å². The Hall–Kier alpha value is -1.97. The van der Waals surface area contributed by atoms with Crippen molar-refractivity contribution in [1.29, 1.82) is 0 Å². The van der Waals surface area contributed by atoms with E-state index in [1.54, 1.807) is 30.9 Å². The van der Waals surface area contributed by atoms with Crippen LogP contribution in [0.25, 0.3) is 0 Å². The lowest BCUT2D eigenvalue weighted by Crippen LogP contribution is -2.49. The number of hydrogen-bond acceptors (Lipinski definition) is 5. The summed E-state index contributed by atoms with van der Waals surface area (Å²) in [5.41, 5.74) is 1.62. The summed E-state index contributed by atoms with van der Waals surface area (Å²) in [5, 5.41) is 11.5. The highest BCUT2D eigenvalue weighted by Crippen LogP contribution is 2.31. The van der Waals surface area contributed by atoms with Crippen molar-refractivity contribution in [2.75, 3.05) is 32.8 Å². The zero-order valence-electron chi connectivity index (χ0n) is 21.7. The van der Waals surface area contributed by atoms with Gasteiger partial charge in [0, 0.05) is 37.1 Å². The maximum atomic E-state index is 13.5. The van der Waals surface area contributed by atoms with Gasteiger partial charge in [0.2, 0.25) is 15.9 Å². The standard InChI is InChI=1S/C28H37ClN2O5S/c1-21-17-26(22(2)16-25(21)29)37(34,35)31-13-7-6-10-24(31)19-36-20-27(32)30-14-11-28(33,12-15-30)18-23-8-4-3-5-9-23/h3-5,8-9,16-17,24,33H,6-7,10-15,18-20H2,1-2H3. The summed E-state index contributed by atoms with van der Waals surface area (Å²) in [4.78, 5) is 14.8. The third-order valence-corrected chi connectivity index (χ3v) is 10.1. The summed E-state index contributed by atoms with van der Waals surface area (Å²) in [6.07, 6.45) is 4.00. The van der Waals surface area contributed by atoms with Crippen LogP contribution >= 0.6 is 11.6 Å². The van der Waals surface area contributed by atoms with Crippen molar-refractivity contribution in [2.45, 2.75) is 68.9 Å². The van der Waals surface area contributed by atoms with Gasteiger partial charge in [-0.1, -0.05) is 48.4 Å². The van der Waals surface area contributed by atoms with E-state index in [1.807, 2.05) is 30.3 Å². The molecular formula is C28H37ClN2O5S. The maximum absolute atomic E-state index is 13.5. The molecule has 0 bridgehead atoms. The van der Waals surface area contributed by atoms with Crippen LogP contribution < -0.4 is 0 Å². The first-order valence-electron chi connectivity index (χ1n) is 13.0. The van der Waals surface area contributed by atoms with Gasteiger partial charge in [-0.3, -0.25) is 4.79 Å².